The zero-order chi connectivity index (χ0) is 13.6. The first-order chi connectivity index (χ1) is 9.09. The maximum Gasteiger partial charge on any atom is 0.261 e. The first-order valence-electron chi connectivity index (χ1n) is 6.26. The number of rotatable bonds is 2. The van der Waals surface area contributed by atoms with Crippen LogP contribution in [0.3, 0.4) is 0 Å². The molecule has 1 aliphatic carbocycles. The van der Waals surface area contributed by atoms with Gasteiger partial charge in [-0.05, 0) is 43.0 Å². The molecule has 1 aromatic carbocycles. The highest BCUT2D eigenvalue weighted by atomic mass is 35.5. The van der Waals surface area contributed by atoms with Crippen LogP contribution in [-0.2, 0) is 4.79 Å². The summed E-state index contributed by atoms with van der Waals surface area (Å²) in [7, 11) is 0. The minimum atomic E-state index is -0.376. The molecule has 4 nitrogen and oxygen atoms in total. The summed E-state index contributed by atoms with van der Waals surface area (Å²) in [5, 5.41) is -0.376. The van der Waals surface area contributed by atoms with Crippen molar-refractivity contribution < 1.29 is 14.4 Å². The Labute approximate surface area is 115 Å². The predicted molar refractivity (Wildman–Crippen MR) is 68.9 cm³/mol. The number of carbonyl (C=O) groups excluding carboxylic acids is 3. The van der Waals surface area contributed by atoms with Gasteiger partial charge in [0.1, 0.15) is 0 Å². The maximum absolute atomic E-state index is 12.3. The summed E-state index contributed by atoms with van der Waals surface area (Å²) in [5.41, 5.74) is 0.904. The van der Waals surface area contributed by atoms with Crippen LogP contribution in [0.5, 0.6) is 0 Å². The average Bonchev–Trinajstić information content (AvgIpc) is 2.96. The molecule has 19 heavy (non-hydrogen) atoms. The number of imide groups is 1. The maximum atomic E-state index is 12.3. The number of fused-ring (bicyclic) bond motifs is 1. The molecule has 1 heterocycles. The molecule has 1 aromatic rings. The van der Waals surface area contributed by atoms with E-state index in [0.717, 1.165) is 0 Å². The Hall–Kier alpha value is -1.68. The molecule has 0 radical (unpaired) electrons. The Bertz CT molecular complexity index is 549. The smallest absolute Gasteiger partial charge is 0.261 e. The third-order valence-corrected chi connectivity index (χ3v) is 4.23. The Kier molecular flexibility index (Phi) is 2.90. The molecule has 5 heteroatoms. The molecule has 2 atom stereocenters. The molecule has 1 fully saturated rings. The molecule has 98 valence electrons. The van der Waals surface area contributed by atoms with Crippen molar-refractivity contribution in [3.63, 3.8) is 0 Å². The summed E-state index contributed by atoms with van der Waals surface area (Å²) in [5.74, 6) is -0.752. The standard InChI is InChI=1S/C14H12ClNO3/c15-12(17)8-5-6-9(7-8)16-13(18)10-3-1-2-4-11(10)14(16)19/h1-4,8-9H,5-7H2. The largest absolute Gasteiger partial charge is 0.281 e. The van der Waals surface area contributed by atoms with E-state index in [4.69, 9.17) is 11.6 Å². The SMILES string of the molecule is O=C(Cl)C1CCC(N2C(=O)c3ccccc3C2=O)C1. The molecular weight excluding hydrogens is 266 g/mol. The number of amides is 2. The molecule has 2 aliphatic rings. The highest BCUT2D eigenvalue weighted by Crippen LogP contribution is 2.35. The van der Waals surface area contributed by atoms with Gasteiger partial charge in [0.25, 0.3) is 11.8 Å². The van der Waals surface area contributed by atoms with Crippen LogP contribution in [0.2, 0.25) is 0 Å². The van der Waals surface area contributed by atoms with E-state index in [1.807, 2.05) is 0 Å². The zero-order valence-corrected chi connectivity index (χ0v) is 10.9. The van der Waals surface area contributed by atoms with Crippen molar-refractivity contribution in [2.45, 2.75) is 25.3 Å². The number of nitrogens with zero attached hydrogens (tertiary/aromatic N) is 1. The van der Waals surface area contributed by atoms with E-state index in [9.17, 15) is 14.4 Å². The van der Waals surface area contributed by atoms with Gasteiger partial charge < -0.3 is 0 Å². The van der Waals surface area contributed by atoms with Crippen molar-refractivity contribution >= 4 is 28.7 Å². The average molecular weight is 278 g/mol. The fraction of sp³-hybridized carbons (Fsp3) is 0.357. The molecule has 0 bridgehead atoms. The zero-order valence-electron chi connectivity index (χ0n) is 10.1. The van der Waals surface area contributed by atoms with Crippen molar-refractivity contribution in [1.82, 2.24) is 4.90 Å². The molecule has 0 saturated heterocycles. The van der Waals surface area contributed by atoms with Gasteiger partial charge in [-0.2, -0.15) is 0 Å². The highest BCUT2D eigenvalue weighted by Gasteiger charge is 2.43. The first-order valence-corrected chi connectivity index (χ1v) is 6.63. The van der Waals surface area contributed by atoms with Gasteiger partial charge in [-0.15, -0.1) is 0 Å². The van der Waals surface area contributed by atoms with E-state index in [1.54, 1.807) is 24.3 Å². The molecule has 0 N–H and O–H groups in total. The van der Waals surface area contributed by atoms with Crippen LogP contribution in [-0.4, -0.2) is 28.0 Å². The van der Waals surface area contributed by atoms with Crippen LogP contribution in [0.25, 0.3) is 0 Å². The Balaban J connectivity index is 1.87. The lowest BCUT2D eigenvalue weighted by Crippen LogP contribution is -2.38. The van der Waals surface area contributed by atoms with Crippen molar-refractivity contribution in [3.05, 3.63) is 35.4 Å². The molecule has 3 rings (SSSR count). The monoisotopic (exact) mass is 277 g/mol. The lowest BCUT2D eigenvalue weighted by atomic mass is 10.1. The van der Waals surface area contributed by atoms with Gasteiger partial charge in [0.05, 0.1) is 11.1 Å². The molecule has 1 saturated carbocycles. The lowest BCUT2D eigenvalue weighted by molar-refractivity contribution is -0.115. The molecular formula is C14H12ClNO3. The number of benzene rings is 1. The van der Waals surface area contributed by atoms with E-state index in [-0.39, 0.29) is 29.0 Å². The number of hydrogen-bond donors (Lipinski definition) is 0. The van der Waals surface area contributed by atoms with Crippen LogP contribution >= 0.6 is 11.6 Å². The van der Waals surface area contributed by atoms with E-state index in [1.165, 1.54) is 4.90 Å². The molecule has 0 aromatic heterocycles. The fourth-order valence-corrected chi connectivity index (χ4v) is 3.14. The summed E-state index contributed by atoms with van der Waals surface area (Å²) in [4.78, 5) is 37.0. The van der Waals surface area contributed by atoms with Crippen LogP contribution in [0.15, 0.2) is 24.3 Å². The van der Waals surface area contributed by atoms with Gasteiger partial charge in [0, 0.05) is 12.0 Å². The second-order valence-electron chi connectivity index (χ2n) is 4.99. The topological polar surface area (TPSA) is 54.5 Å². The van der Waals surface area contributed by atoms with Gasteiger partial charge in [-0.1, -0.05) is 12.1 Å². The van der Waals surface area contributed by atoms with Crippen molar-refractivity contribution in [1.29, 1.82) is 0 Å². The molecule has 1 aliphatic heterocycles. The third-order valence-electron chi connectivity index (χ3n) is 3.92. The number of hydrogen-bond acceptors (Lipinski definition) is 3. The van der Waals surface area contributed by atoms with Gasteiger partial charge in [0.15, 0.2) is 0 Å². The van der Waals surface area contributed by atoms with Crippen LogP contribution < -0.4 is 0 Å². The normalized spacial score (nSPS) is 25.8. The van der Waals surface area contributed by atoms with E-state index in [0.29, 0.717) is 30.4 Å². The Morgan fingerprint density at radius 3 is 2.16 bits per heavy atom. The van der Waals surface area contributed by atoms with Crippen LogP contribution in [0, 0.1) is 5.92 Å². The minimum Gasteiger partial charge on any atom is -0.281 e. The van der Waals surface area contributed by atoms with Crippen LogP contribution in [0.1, 0.15) is 40.0 Å². The summed E-state index contributed by atoms with van der Waals surface area (Å²) in [6.07, 6.45) is 1.77. The van der Waals surface area contributed by atoms with Gasteiger partial charge in [0.2, 0.25) is 5.24 Å². The summed E-state index contributed by atoms with van der Waals surface area (Å²) in [6, 6.07) is 6.60. The second-order valence-corrected chi connectivity index (χ2v) is 5.37. The Morgan fingerprint density at radius 2 is 1.68 bits per heavy atom. The summed E-state index contributed by atoms with van der Waals surface area (Å²) >= 11 is 5.49. The third kappa shape index (κ3) is 1.87. The highest BCUT2D eigenvalue weighted by molar-refractivity contribution is 6.64. The number of carbonyl (C=O) groups is 3. The Morgan fingerprint density at radius 1 is 1.11 bits per heavy atom. The minimum absolute atomic E-state index is 0.208. The van der Waals surface area contributed by atoms with Crippen molar-refractivity contribution in [2.75, 3.05) is 0 Å². The van der Waals surface area contributed by atoms with Gasteiger partial charge >= 0.3 is 0 Å². The summed E-state index contributed by atoms with van der Waals surface area (Å²) in [6.45, 7) is 0. The molecule has 0 spiro atoms. The van der Waals surface area contributed by atoms with Gasteiger partial charge in [-0.25, -0.2) is 0 Å². The molecule has 2 amide bonds. The quantitative estimate of drug-likeness (QED) is 0.615. The second kappa shape index (κ2) is 4.46. The lowest BCUT2D eigenvalue weighted by Gasteiger charge is -2.21. The van der Waals surface area contributed by atoms with Gasteiger partial charge in [-0.3, -0.25) is 19.3 Å². The predicted octanol–water partition coefficient (Wildman–Crippen LogP) is 2.22. The van der Waals surface area contributed by atoms with Crippen LogP contribution in [0.4, 0.5) is 0 Å². The molecule has 2 unspecified atom stereocenters. The van der Waals surface area contributed by atoms with Crippen molar-refractivity contribution in [3.8, 4) is 0 Å². The number of halogens is 1. The van der Waals surface area contributed by atoms with E-state index in [2.05, 4.69) is 0 Å². The van der Waals surface area contributed by atoms with E-state index < -0.39 is 0 Å². The fourth-order valence-electron chi connectivity index (χ4n) is 2.94. The van der Waals surface area contributed by atoms with E-state index >= 15 is 0 Å². The summed E-state index contributed by atoms with van der Waals surface area (Å²) < 4.78 is 0. The van der Waals surface area contributed by atoms with Crippen molar-refractivity contribution in [2.24, 2.45) is 5.92 Å². The first kappa shape index (κ1) is 12.4.